The molecule has 0 aromatic heterocycles. The summed E-state index contributed by atoms with van der Waals surface area (Å²) in [4.78, 5) is 14.8. The number of carbonyl (C=O) groups is 1. The highest BCUT2D eigenvalue weighted by Gasteiger charge is 2.34. The van der Waals surface area contributed by atoms with Gasteiger partial charge in [0.25, 0.3) is 5.91 Å². The Morgan fingerprint density at radius 3 is 2.83 bits per heavy atom. The van der Waals surface area contributed by atoms with Crippen molar-refractivity contribution in [3.05, 3.63) is 35.9 Å². The second-order valence-electron chi connectivity index (χ2n) is 7.19. The van der Waals surface area contributed by atoms with Crippen molar-refractivity contribution in [3.8, 4) is 0 Å². The Morgan fingerprint density at radius 2 is 2.12 bits per heavy atom. The molecule has 2 aliphatic rings. The zero-order chi connectivity index (χ0) is 17.0. The minimum Gasteiger partial charge on any atom is -0.380 e. The Hall–Kier alpha value is -1.43. The molecule has 1 amide bonds. The highest BCUT2D eigenvalue weighted by atomic mass is 16.5. The second-order valence-corrected chi connectivity index (χ2v) is 7.19. The van der Waals surface area contributed by atoms with Crippen molar-refractivity contribution in [2.45, 2.75) is 50.4 Å². The Balaban J connectivity index is 1.42. The summed E-state index contributed by atoms with van der Waals surface area (Å²) >= 11 is 0. The zero-order valence-electron chi connectivity index (χ0n) is 14.4. The standard InChI is InChI=1S/C19H28N2O3/c1-19(23,10-9-15-5-3-2-4-6-15)18(22)20-13-17-14-21(11-12-24-17)16-7-8-16/h2-6,16-17,23H,7-14H2,1H3,(H,20,22)/t17-,19+/m1/s1. The Kier molecular flexibility index (Phi) is 5.54. The van der Waals surface area contributed by atoms with Gasteiger partial charge in [0.15, 0.2) is 0 Å². The first kappa shape index (κ1) is 17.4. The number of nitrogens with zero attached hydrogens (tertiary/aromatic N) is 1. The molecule has 0 spiro atoms. The number of aliphatic hydroxyl groups is 1. The maximum atomic E-state index is 12.3. The van der Waals surface area contributed by atoms with Gasteiger partial charge in [0.05, 0.1) is 12.7 Å². The van der Waals surface area contributed by atoms with E-state index in [1.807, 2.05) is 30.3 Å². The van der Waals surface area contributed by atoms with Crippen molar-refractivity contribution in [2.75, 3.05) is 26.2 Å². The van der Waals surface area contributed by atoms with Crippen LogP contribution in [0.2, 0.25) is 0 Å². The number of rotatable bonds is 7. The molecule has 2 fully saturated rings. The van der Waals surface area contributed by atoms with Gasteiger partial charge < -0.3 is 15.2 Å². The van der Waals surface area contributed by atoms with E-state index < -0.39 is 5.60 Å². The quantitative estimate of drug-likeness (QED) is 0.791. The molecule has 132 valence electrons. The number of aryl methyl sites for hydroxylation is 1. The molecule has 5 nitrogen and oxygen atoms in total. The Bertz CT molecular complexity index is 543. The SMILES string of the molecule is C[C@](O)(CCc1ccccc1)C(=O)NC[C@@H]1CN(C2CC2)CCO1. The van der Waals surface area contributed by atoms with Crippen LogP contribution in [-0.2, 0) is 16.0 Å². The van der Waals surface area contributed by atoms with Crippen LogP contribution < -0.4 is 5.32 Å². The summed E-state index contributed by atoms with van der Waals surface area (Å²) in [6.07, 6.45) is 3.67. The fourth-order valence-corrected chi connectivity index (χ4v) is 3.18. The molecule has 0 unspecified atom stereocenters. The van der Waals surface area contributed by atoms with Gasteiger partial charge in [0.2, 0.25) is 0 Å². The van der Waals surface area contributed by atoms with Gasteiger partial charge in [-0.25, -0.2) is 0 Å². The van der Waals surface area contributed by atoms with E-state index in [2.05, 4.69) is 10.2 Å². The zero-order valence-corrected chi connectivity index (χ0v) is 14.4. The molecule has 1 aliphatic carbocycles. The predicted molar refractivity (Wildman–Crippen MR) is 92.7 cm³/mol. The van der Waals surface area contributed by atoms with Gasteiger partial charge in [-0.05, 0) is 38.2 Å². The molecule has 1 heterocycles. The third-order valence-electron chi connectivity index (χ3n) is 4.96. The number of nitrogens with one attached hydrogen (secondary N) is 1. The molecule has 0 bridgehead atoms. The number of ether oxygens (including phenoxy) is 1. The summed E-state index contributed by atoms with van der Waals surface area (Å²) in [6.45, 7) is 4.63. The van der Waals surface area contributed by atoms with Crippen molar-refractivity contribution in [1.82, 2.24) is 10.2 Å². The molecule has 1 aromatic rings. The molecular weight excluding hydrogens is 304 g/mol. The molecular formula is C19H28N2O3. The van der Waals surface area contributed by atoms with E-state index in [0.717, 1.165) is 31.3 Å². The molecule has 3 rings (SSSR count). The molecule has 0 radical (unpaired) electrons. The lowest BCUT2D eigenvalue weighted by Gasteiger charge is -2.33. The van der Waals surface area contributed by atoms with Crippen LogP contribution in [0.3, 0.4) is 0 Å². The molecule has 1 aromatic carbocycles. The largest absolute Gasteiger partial charge is 0.380 e. The number of amides is 1. The average Bonchev–Trinajstić information content (AvgIpc) is 3.44. The molecule has 24 heavy (non-hydrogen) atoms. The molecule has 2 N–H and O–H groups in total. The number of benzene rings is 1. The van der Waals surface area contributed by atoms with Crippen molar-refractivity contribution < 1.29 is 14.6 Å². The molecule has 1 aliphatic heterocycles. The van der Waals surface area contributed by atoms with Gasteiger partial charge in [-0.1, -0.05) is 30.3 Å². The summed E-state index contributed by atoms with van der Waals surface area (Å²) in [5, 5.41) is 13.3. The molecule has 1 saturated carbocycles. The summed E-state index contributed by atoms with van der Waals surface area (Å²) < 4.78 is 5.74. The molecule has 2 atom stereocenters. The van der Waals surface area contributed by atoms with Gasteiger partial charge in [-0.3, -0.25) is 9.69 Å². The van der Waals surface area contributed by atoms with Crippen molar-refractivity contribution >= 4 is 5.91 Å². The van der Waals surface area contributed by atoms with Gasteiger partial charge >= 0.3 is 0 Å². The highest BCUT2D eigenvalue weighted by Crippen LogP contribution is 2.28. The lowest BCUT2D eigenvalue weighted by molar-refractivity contribution is -0.139. The van der Waals surface area contributed by atoms with E-state index in [1.54, 1.807) is 6.92 Å². The first-order valence-electron chi connectivity index (χ1n) is 8.95. The van der Waals surface area contributed by atoms with Crippen LogP contribution in [-0.4, -0.2) is 59.9 Å². The van der Waals surface area contributed by atoms with Crippen LogP contribution in [0.25, 0.3) is 0 Å². The summed E-state index contributed by atoms with van der Waals surface area (Å²) in [7, 11) is 0. The predicted octanol–water partition coefficient (Wildman–Crippen LogP) is 1.35. The van der Waals surface area contributed by atoms with Gasteiger partial charge in [0, 0.05) is 25.7 Å². The van der Waals surface area contributed by atoms with Gasteiger partial charge in [0.1, 0.15) is 5.60 Å². The third-order valence-corrected chi connectivity index (χ3v) is 4.96. The smallest absolute Gasteiger partial charge is 0.251 e. The van der Waals surface area contributed by atoms with Crippen LogP contribution in [0, 0.1) is 0 Å². The van der Waals surface area contributed by atoms with E-state index in [1.165, 1.54) is 12.8 Å². The minimum atomic E-state index is -1.36. The fraction of sp³-hybridized carbons (Fsp3) is 0.632. The number of morpholine rings is 1. The lowest BCUT2D eigenvalue weighted by atomic mass is 9.96. The summed E-state index contributed by atoms with van der Waals surface area (Å²) in [5.41, 5.74) is -0.234. The lowest BCUT2D eigenvalue weighted by Crippen LogP contribution is -2.51. The first-order chi connectivity index (χ1) is 11.5. The highest BCUT2D eigenvalue weighted by molar-refractivity contribution is 5.84. The molecule has 5 heteroatoms. The first-order valence-corrected chi connectivity index (χ1v) is 8.95. The Morgan fingerprint density at radius 1 is 1.38 bits per heavy atom. The van der Waals surface area contributed by atoms with Gasteiger partial charge in [-0.2, -0.15) is 0 Å². The van der Waals surface area contributed by atoms with E-state index in [4.69, 9.17) is 4.74 Å². The van der Waals surface area contributed by atoms with E-state index >= 15 is 0 Å². The number of hydrogen-bond acceptors (Lipinski definition) is 4. The normalized spacial score (nSPS) is 24.3. The number of hydrogen-bond donors (Lipinski definition) is 2. The van der Waals surface area contributed by atoms with Crippen molar-refractivity contribution in [3.63, 3.8) is 0 Å². The third kappa shape index (κ3) is 4.79. The van der Waals surface area contributed by atoms with Crippen LogP contribution in [0.1, 0.15) is 31.7 Å². The van der Waals surface area contributed by atoms with Gasteiger partial charge in [-0.15, -0.1) is 0 Å². The fourth-order valence-electron chi connectivity index (χ4n) is 3.18. The van der Waals surface area contributed by atoms with Crippen LogP contribution in [0.4, 0.5) is 0 Å². The monoisotopic (exact) mass is 332 g/mol. The number of carbonyl (C=O) groups excluding carboxylic acids is 1. The molecule has 1 saturated heterocycles. The topological polar surface area (TPSA) is 61.8 Å². The minimum absolute atomic E-state index is 0.0215. The van der Waals surface area contributed by atoms with Crippen molar-refractivity contribution in [1.29, 1.82) is 0 Å². The van der Waals surface area contributed by atoms with Crippen molar-refractivity contribution in [2.24, 2.45) is 0 Å². The van der Waals surface area contributed by atoms with Crippen LogP contribution in [0.15, 0.2) is 30.3 Å². The van der Waals surface area contributed by atoms with E-state index in [9.17, 15) is 9.90 Å². The summed E-state index contributed by atoms with van der Waals surface area (Å²) in [6, 6.07) is 10.6. The van der Waals surface area contributed by atoms with E-state index in [-0.39, 0.29) is 12.0 Å². The maximum Gasteiger partial charge on any atom is 0.251 e. The second kappa shape index (κ2) is 7.64. The van der Waals surface area contributed by atoms with E-state index in [0.29, 0.717) is 19.4 Å². The van der Waals surface area contributed by atoms with Crippen LogP contribution in [0.5, 0.6) is 0 Å². The average molecular weight is 332 g/mol. The van der Waals surface area contributed by atoms with Crippen LogP contribution >= 0.6 is 0 Å². The Labute approximate surface area is 144 Å². The maximum absolute atomic E-state index is 12.3. The summed E-state index contributed by atoms with van der Waals surface area (Å²) in [5.74, 6) is -0.314.